The van der Waals surface area contributed by atoms with Gasteiger partial charge in [0.25, 0.3) is 0 Å². The molecule has 0 aliphatic heterocycles. The number of phenolic OH excluding ortho intramolecular Hbond substituents is 1. The van der Waals surface area contributed by atoms with Gasteiger partial charge >= 0.3 is 0 Å². The van der Waals surface area contributed by atoms with E-state index in [-0.39, 0.29) is 5.75 Å². The summed E-state index contributed by atoms with van der Waals surface area (Å²) < 4.78 is 5.02. The maximum atomic E-state index is 9.86. The molecule has 0 bridgehead atoms. The summed E-state index contributed by atoms with van der Waals surface area (Å²) in [6, 6.07) is 14.5. The number of phenols is 1. The first-order chi connectivity index (χ1) is 12.1. The second-order valence-corrected chi connectivity index (χ2v) is 6.44. The van der Waals surface area contributed by atoms with Crippen molar-refractivity contribution in [3.63, 3.8) is 0 Å². The fourth-order valence-corrected chi connectivity index (χ4v) is 3.18. The number of halogens is 1. The molecule has 1 aromatic heterocycles. The number of aromatic hydroxyl groups is 1. The molecule has 0 saturated carbocycles. The predicted octanol–water partition coefficient (Wildman–Crippen LogP) is 5.24. The van der Waals surface area contributed by atoms with Crippen molar-refractivity contribution >= 4 is 34.6 Å². The number of benzene rings is 2. The van der Waals surface area contributed by atoms with Crippen LogP contribution in [0.25, 0.3) is 22.9 Å². The van der Waals surface area contributed by atoms with E-state index in [9.17, 15) is 10.4 Å². The Kier molecular flexibility index (Phi) is 5.03. The SMILES string of the molecule is COc1ccc(/C=C(\C#N)c2nc(-c3ccc(Cl)cc3)cs2)cc1O. The summed E-state index contributed by atoms with van der Waals surface area (Å²) in [6.07, 6.45) is 1.68. The van der Waals surface area contributed by atoms with Crippen molar-refractivity contribution in [3.8, 4) is 28.8 Å². The molecular formula is C19H13ClN2O2S. The first-order valence-corrected chi connectivity index (χ1v) is 8.57. The molecule has 0 radical (unpaired) electrons. The molecule has 0 aliphatic rings. The van der Waals surface area contributed by atoms with E-state index >= 15 is 0 Å². The Hall–Kier alpha value is -2.81. The number of hydrogen-bond donors (Lipinski definition) is 1. The number of allylic oxidation sites excluding steroid dienone is 1. The Morgan fingerprint density at radius 1 is 1.28 bits per heavy atom. The second kappa shape index (κ2) is 7.39. The fraction of sp³-hybridized carbons (Fsp3) is 0.0526. The van der Waals surface area contributed by atoms with Gasteiger partial charge in [0, 0.05) is 16.0 Å². The van der Waals surface area contributed by atoms with Crippen LogP contribution in [0, 0.1) is 11.3 Å². The summed E-state index contributed by atoms with van der Waals surface area (Å²) in [5.74, 6) is 0.407. The molecule has 0 saturated heterocycles. The Balaban J connectivity index is 1.92. The predicted molar refractivity (Wildman–Crippen MR) is 101 cm³/mol. The van der Waals surface area contributed by atoms with Crippen LogP contribution in [0.3, 0.4) is 0 Å². The van der Waals surface area contributed by atoms with Crippen LogP contribution in [0.2, 0.25) is 5.02 Å². The van der Waals surface area contributed by atoms with Gasteiger partial charge in [0.1, 0.15) is 11.1 Å². The summed E-state index contributed by atoms with van der Waals surface area (Å²) in [4.78, 5) is 4.53. The number of rotatable bonds is 4. The molecule has 0 atom stereocenters. The normalized spacial score (nSPS) is 11.2. The highest BCUT2D eigenvalue weighted by Crippen LogP contribution is 2.30. The zero-order chi connectivity index (χ0) is 17.8. The maximum absolute atomic E-state index is 9.86. The van der Waals surface area contributed by atoms with Gasteiger partial charge in [-0.05, 0) is 35.9 Å². The number of aromatic nitrogens is 1. The molecule has 1 N–H and O–H groups in total. The lowest BCUT2D eigenvalue weighted by Gasteiger charge is -2.03. The van der Waals surface area contributed by atoms with Crippen molar-refractivity contribution in [2.24, 2.45) is 0 Å². The van der Waals surface area contributed by atoms with Crippen molar-refractivity contribution in [1.29, 1.82) is 5.26 Å². The van der Waals surface area contributed by atoms with Gasteiger partial charge in [-0.2, -0.15) is 5.26 Å². The second-order valence-electron chi connectivity index (χ2n) is 5.15. The molecule has 0 amide bonds. The largest absolute Gasteiger partial charge is 0.504 e. The molecule has 3 rings (SSSR count). The van der Waals surface area contributed by atoms with Crippen LogP contribution < -0.4 is 4.74 Å². The number of ether oxygens (including phenoxy) is 1. The summed E-state index contributed by atoms with van der Waals surface area (Å²) in [6.45, 7) is 0. The molecule has 0 spiro atoms. The van der Waals surface area contributed by atoms with Crippen LogP contribution >= 0.6 is 22.9 Å². The van der Waals surface area contributed by atoms with Gasteiger partial charge in [0.05, 0.1) is 18.4 Å². The molecule has 2 aromatic carbocycles. The van der Waals surface area contributed by atoms with Crippen LogP contribution in [-0.4, -0.2) is 17.2 Å². The summed E-state index contributed by atoms with van der Waals surface area (Å²) in [7, 11) is 1.49. The van der Waals surface area contributed by atoms with Gasteiger partial charge in [0.2, 0.25) is 0 Å². The number of nitrogens with zero attached hydrogens (tertiary/aromatic N) is 2. The lowest BCUT2D eigenvalue weighted by atomic mass is 10.1. The van der Waals surface area contributed by atoms with Gasteiger partial charge in [-0.25, -0.2) is 4.98 Å². The average molecular weight is 369 g/mol. The number of nitriles is 1. The van der Waals surface area contributed by atoms with Gasteiger partial charge in [-0.3, -0.25) is 0 Å². The molecule has 0 fully saturated rings. The Labute approximate surface area is 154 Å². The quantitative estimate of drug-likeness (QED) is 0.639. The highest BCUT2D eigenvalue weighted by molar-refractivity contribution is 7.11. The first-order valence-electron chi connectivity index (χ1n) is 7.31. The minimum absolute atomic E-state index is 0.0227. The highest BCUT2D eigenvalue weighted by atomic mass is 35.5. The topological polar surface area (TPSA) is 66.1 Å². The van der Waals surface area contributed by atoms with E-state index in [0.29, 0.717) is 26.9 Å². The highest BCUT2D eigenvalue weighted by Gasteiger charge is 2.10. The van der Waals surface area contributed by atoms with Gasteiger partial charge in [-0.1, -0.05) is 29.8 Å². The van der Waals surface area contributed by atoms with Gasteiger partial charge in [0.15, 0.2) is 11.5 Å². The molecule has 4 nitrogen and oxygen atoms in total. The van der Waals surface area contributed by atoms with Crippen LogP contribution in [0.1, 0.15) is 10.6 Å². The van der Waals surface area contributed by atoms with E-state index in [2.05, 4.69) is 11.1 Å². The molecule has 0 aliphatic carbocycles. The van der Waals surface area contributed by atoms with E-state index in [1.165, 1.54) is 18.4 Å². The molecular weight excluding hydrogens is 356 g/mol. The standard InChI is InChI=1S/C19H13ClN2O2S/c1-24-18-7-2-12(9-17(18)23)8-14(10-21)19-22-16(11-25-19)13-3-5-15(20)6-4-13/h2-9,11,23H,1H3/b14-8+. The van der Waals surface area contributed by atoms with Gasteiger partial charge < -0.3 is 9.84 Å². The monoisotopic (exact) mass is 368 g/mol. The van der Waals surface area contributed by atoms with E-state index in [1.54, 1.807) is 36.4 Å². The van der Waals surface area contributed by atoms with Crippen molar-refractivity contribution in [1.82, 2.24) is 4.98 Å². The zero-order valence-corrected chi connectivity index (χ0v) is 14.8. The third-order valence-corrected chi connectivity index (χ3v) is 4.64. The average Bonchev–Trinajstić information content (AvgIpc) is 3.10. The van der Waals surface area contributed by atoms with Crippen LogP contribution in [0.15, 0.2) is 47.8 Å². The van der Waals surface area contributed by atoms with Crippen molar-refractivity contribution < 1.29 is 9.84 Å². The van der Waals surface area contributed by atoms with E-state index in [1.807, 2.05) is 17.5 Å². The van der Waals surface area contributed by atoms with Crippen LogP contribution in [0.5, 0.6) is 11.5 Å². The molecule has 25 heavy (non-hydrogen) atoms. The molecule has 6 heteroatoms. The van der Waals surface area contributed by atoms with Crippen LogP contribution in [0.4, 0.5) is 0 Å². The molecule has 0 unspecified atom stereocenters. The van der Waals surface area contributed by atoms with Gasteiger partial charge in [-0.15, -0.1) is 11.3 Å². The number of hydrogen-bond acceptors (Lipinski definition) is 5. The van der Waals surface area contributed by atoms with E-state index in [0.717, 1.165) is 11.3 Å². The smallest absolute Gasteiger partial charge is 0.160 e. The minimum atomic E-state index is 0.0227. The third-order valence-electron chi connectivity index (χ3n) is 3.51. The Morgan fingerprint density at radius 3 is 2.68 bits per heavy atom. The fourth-order valence-electron chi connectivity index (χ4n) is 2.26. The molecule has 124 valence electrons. The molecule has 1 heterocycles. The van der Waals surface area contributed by atoms with Crippen molar-refractivity contribution in [2.75, 3.05) is 7.11 Å². The Bertz CT molecular complexity index is 972. The number of thiazole rings is 1. The summed E-state index contributed by atoms with van der Waals surface area (Å²) >= 11 is 7.29. The first kappa shape index (κ1) is 17.0. The minimum Gasteiger partial charge on any atom is -0.504 e. The number of methoxy groups -OCH3 is 1. The van der Waals surface area contributed by atoms with E-state index in [4.69, 9.17) is 16.3 Å². The van der Waals surface area contributed by atoms with E-state index < -0.39 is 0 Å². The lowest BCUT2D eigenvalue weighted by Crippen LogP contribution is -1.85. The maximum Gasteiger partial charge on any atom is 0.160 e. The van der Waals surface area contributed by atoms with Crippen LogP contribution in [-0.2, 0) is 0 Å². The molecule has 3 aromatic rings. The van der Waals surface area contributed by atoms with Crippen molar-refractivity contribution in [2.45, 2.75) is 0 Å². The summed E-state index contributed by atoms with van der Waals surface area (Å²) in [5, 5.41) is 22.5. The third kappa shape index (κ3) is 3.82. The Morgan fingerprint density at radius 2 is 2.04 bits per heavy atom. The van der Waals surface area contributed by atoms with Crippen molar-refractivity contribution in [3.05, 3.63) is 63.4 Å². The lowest BCUT2D eigenvalue weighted by molar-refractivity contribution is 0.373. The summed E-state index contributed by atoms with van der Waals surface area (Å²) in [5.41, 5.74) is 2.84. The zero-order valence-electron chi connectivity index (χ0n) is 13.2.